The molecule has 1 saturated heterocycles. The van der Waals surface area contributed by atoms with E-state index in [1.807, 2.05) is 42.2 Å². The summed E-state index contributed by atoms with van der Waals surface area (Å²) in [7, 11) is 0. The molecule has 156 valence electrons. The number of benzene rings is 2. The van der Waals surface area contributed by atoms with Crippen molar-refractivity contribution >= 4 is 40.2 Å². The fraction of sp³-hybridized carbons (Fsp3) is 0.348. The molecule has 0 spiro atoms. The third-order valence-electron chi connectivity index (χ3n) is 5.62. The maximum Gasteiger partial charge on any atom is 0.266 e. The van der Waals surface area contributed by atoms with Gasteiger partial charge in [-0.2, -0.15) is 0 Å². The van der Waals surface area contributed by atoms with Gasteiger partial charge in [0, 0.05) is 18.1 Å². The number of aromatic nitrogens is 2. The molecule has 4 rings (SSSR count). The highest BCUT2D eigenvalue weighted by molar-refractivity contribution is 7.99. The van der Waals surface area contributed by atoms with Gasteiger partial charge in [0.1, 0.15) is 0 Å². The summed E-state index contributed by atoms with van der Waals surface area (Å²) in [4.78, 5) is 32.7. The topological polar surface area (TPSA) is 55.2 Å². The van der Waals surface area contributed by atoms with Crippen molar-refractivity contribution in [3.8, 4) is 5.69 Å². The monoisotopic (exact) mass is 441 g/mol. The molecule has 1 amide bonds. The van der Waals surface area contributed by atoms with Crippen LogP contribution in [0.3, 0.4) is 0 Å². The normalized spacial score (nSPS) is 15.0. The van der Waals surface area contributed by atoms with E-state index in [4.69, 9.17) is 16.6 Å². The van der Waals surface area contributed by atoms with Crippen LogP contribution in [0.1, 0.15) is 25.3 Å². The summed E-state index contributed by atoms with van der Waals surface area (Å²) in [5, 5.41) is 1.62. The smallest absolute Gasteiger partial charge is 0.266 e. The van der Waals surface area contributed by atoms with Crippen LogP contribution >= 0.6 is 23.4 Å². The van der Waals surface area contributed by atoms with Crippen molar-refractivity contribution in [1.82, 2.24) is 14.5 Å². The first-order valence-corrected chi connectivity index (χ1v) is 11.5. The number of piperidine rings is 1. The number of thioether (sulfide) groups is 1. The second-order valence-electron chi connectivity index (χ2n) is 7.84. The standard InChI is InChI=1S/C23H24ClN3O2S/c1-15-9-11-26(12-10-15)21(28)14-30-23-25-20-6-4-3-5-18(20)22(29)27(23)17-8-7-16(2)19(24)13-17/h3-8,13,15H,9-12,14H2,1-2H3. The van der Waals surface area contributed by atoms with E-state index >= 15 is 0 Å². The Morgan fingerprint density at radius 1 is 1.20 bits per heavy atom. The molecule has 1 aromatic heterocycles. The Morgan fingerprint density at radius 2 is 1.93 bits per heavy atom. The van der Waals surface area contributed by atoms with Crippen LogP contribution in [-0.2, 0) is 4.79 Å². The number of likely N-dealkylation sites (tertiary alicyclic amines) is 1. The molecule has 1 aliphatic rings. The zero-order valence-electron chi connectivity index (χ0n) is 17.1. The van der Waals surface area contributed by atoms with Crippen LogP contribution in [0.5, 0.6) is 0 Å². The minimum atomic E-state index is -0.165. The molecule has 1 fully saturated rings. The van der Waals surface area contributed by atoms with Gasteiger partial charge >= 0.3 is 0 Å². The van der Waals surface area contributed by atoms with E-state index in [1.54, 1.807) is 16.7 Å². The number of carbonyl (C=O) groups is 1. The molecular weight excluding hydrogens is 418 g/mol. The Bertz CT molecular complexity index is 1150. The van der Waals surface area contributed by atoms with Crippen molar-refractivity contribution in [3.05, 3.63) is 63.4 Å². The van der Waals surface area contributed by atoms with Crippen molar-refractivity contribution in [2.45, 2.75) is 31.8 Å². The number of carbonyl (C=O) groups excluding carboxylic acids is 1. The summed E-state index contributed by atoms with van der Waals surface area (Å²) < 4.78 is 1.56. The molecule has 3 aromatic rings. The Hall–Kier alpha value is -2.31. The van der Waals surface area contributed by atoms with Crippen LogP contribution in [0, 0.1) is 12.8 Å². The van der Waals surface area contributed by atoms with Crippen molar-refractivity contribution in [1.29, 1.82) is 0 Å². The number of hydrogen-bond acceptors (Lipinski definition) is 4. The molecule has 5 nitrogen and oxygen atoms in total. The van der Waals surface area contributed by atoms with E-state index in [9.17, 15) is 9.59 Å². The predicted molar refractivity (Wildman–Crippen MR) is 123 cm³/mol. The number of rotatable bonds is 4. The van der Waals surface area contributed by atoms with Crippen molar-refractivity contribution in [2.75, 3.05) is 18.8 Å². The maximum atomic E-state index is 13.3. The Kier molecular flexibility index (Phi) is 6.16. The molecule has 0 N–H and O–H groups in total. The van der Waals surface area contributed by atoms with E-state index in [0.717, 1.165) is 31.5 Å². The number of hydrogen-bond donors (Lipinski definition) is 0. The van der Waals surface area contributed by atoms with Gasteiger partial charge in [0.2, 0.25) is 5.91 Å². The minimum absolute atomic E-state index is 0.0859. The minimum Gasteiger partial charge on any atom is -0.342 e. The van der Waals surface area contributed by atoms with Gasteiger partial charge in [0.25, 0.3) is 5.56 Å². The van der Waals surface area contributed by atoms with E-state index in [1.165, 1.54) is 11.8 Å². The first-order chi connectivity index (χ1) is 14.4. The molecule has 2 heterocycles. The zero-order valence-corrected chi connectivity index (χ0v) is 18.7. The van der Waals surface area contributed by atoms with Crippen LogP contribution in [0.2, 0.25) is 5.02 Å². The van der Waals surface area contributed by atoms with Gasteiger partial charge in [-0.25, -0.2) is 4.98 Å². The highest BCUT2D eigenvalue weighted by Crippen LogP contribution is 2.25. The Labute approximate surface area is 185 Å². The molecule has 0 aliphatic carbocycles. The van der Waals surface area contributed by atoms with Crippen molar-refractivity contribution in [2.24, 2.45) is 5.92 Å². The van der Waals surface area contributed by atoms with Crippen LogP contribution in [0.15, 0.2) is 52.4 Å². The van der Waals surface area contributed by atoms with Crippen LogP contribution in [0.4, 0.5) is 0 Å². The molecule has 0 saturated carbocycles. The molecule has 2 aromatic carbocycles. The lowest BCUT2D eigenvalue weighted by Gasteiger charge is -2.30. The number of amides is 1. The van der Waals surface area contributed by atoms with Gasteiger partial charge in [-0.3, -0.25) is 14.2 Å². The summed E-state index contributed by atoms with van der Waals surface area (Å²) in [6.07, 6.45) is 2.08. The van der Waals surface area contributed by atoms with Crippen LogP contribution in [0.25, 0.3) is 16.6 Å². The zero-order chi connectivity index (χ0) is 21.3. The summed E-state index contributed by atoms with van der Waals surface area (Å²) >= 11 is 7.63. The second kappa shape index (κ2) is 8.82. The van der Waals surface area contributed by atoms with E-state index in [2.05, 4.69) is 6.92 Å². The number of para-hydroxylation sites is 1. The first-order valence-electron chi connectivity index (χ1n) is 10.1. The SMILES string of the molecule is Cc1ccc(-n2c(SCC(=O)N3CCC(C)CC3)nc3ccccc3c2=O)cc1Cl. The molecule has 30 heavy (non-hydrogen) atoms. The Morgan fingerprint density at radius 3 is 2.67 bits per heavy atom. The quantitative estimate of drug-likeness (QED) is 0.435. The lowest BCUT2D eigenvalue weighted by molar-refractivity contribution is -0.129. The van der Waals surface area contributed by atoms with Gasteiger partial charge < -0.3 is 4.90 Å². The highest BCUT2D eigenvalue weighted by atomic mass is 35.5. The van der Waals surface area contributed by atoms with E-state index in [0.29, 0.717) is 32.7 Å². The van der Waals surface area contributed by atoms with Crippen LogP contribution in [-0.4, -0.2) is 39.2 Å². The highest BCUT2D eigenvalue weighted by Gasteiger charge is 2.22. The largest absolute Gasteiger partial charge is 0.342 e. The van der Waals surface area contributed by atoms with Crippen molar-refractivity contribution in [3.63, 3.8) is 0 Å². The molecule has 7 heteroatoms. The van der Waals surface area contributed by atoms with Gasteiger partial charge in [-0.05, 0) is 55.5 Å². The summed E-state index contributed by atoms with van der Waals surface area (Å²) in [5.41, 5.74) is 2.04. The predicted octanol–water partition coefficient (Wildman–Crippen LogP) is 4.70. The van der Waals surface area contributed by atoms with Gasteiger partial charge in [0.15, 0.2) is 5.16 Å². The first kappa shape index (κ1) is 20.9. The average Bonchev–Trinajstić information content (AvgIpc) is 2.75. The molecule has 0 unspecified atom stereocenters. The van der Waals surface area contributed by atoms with Crippen molar-refractivity contribution < 1.29 is 4.79 Å². The van der Waals surface area contributed by atoms with Gasteiger partial charge in [-0.15, -0.1) is 0 Å². The second-order valence-corrected chi connectivity index (χ2v) is 9.19. The number of halogens is 1. The summed E-state index contributed by atoms with van der Waals surface area (Å²) in [6.45, 7) is 5.74. The lowest BCUT2D eigenvalue weighted by Crippen LogP contribution is -2.39. The third kappa shape index (κ3) is 4.25. The molecular formula is C23H24ClN3O2S. The van der Waals surface area contributed by atoms with E-state index in [-0.39, 0.29) is 17.2 Å². The maximum absolute atomic E-state index is 13.3. The summed E-state index contributed by atoms with van der Waals surface area (Å²) in [5.74, 6) is 1.00. The third-order valence-corrected chi connectivity index (χ3v) is 6.95. The number of aryl methyl sites for hydroxylation is 1. The van der Waals surface area contributed by atoms with Gasteiger partial charge in [-0.1, -0.05) is 48.5 Å². The summed E-state index contributed by atoms with van der Waals surface area (Å²) in [6, 6.07) is 12.8. The van der Waals surface area contributed by atoms with E-state index < -0.39 is 0 Å². The molecule has 0 atom stereocenters. The van der Waals surface area contributed by atoms with Crippen LogP contribution < -0.4 is 5.56 Å². The van der Waals surface area contributed by atoms with Gasteiger partial charge in [0.05, 0.1) is 22.3 Å². The molecule has 0 radical (unpaired) electrons. The number of fused-ring (bicyclic) bond motifs is 1. The lowest BCUT2D eigenvalue weighted by atomic mass is 9.99. The fourth-order valence-corrected chi connectivity index (χ4v) is 4.72. The molecule has 0 bridgehead atoms. The number of nitrogens with zero attached hydrogens (tertiary/aromatic N) is 3. The molecule has 1 aliphatic heterocycles. The Balaban J connectivity index is 1.70. The average molecular weight is 442 g/mol. The fourth-order valence-electron chi connectivity index (χ4n) is 3.63.